The second-order valence-corrected chi connectivity index (χ2v) is 7.48. The Labute approximate surface area is 148 Å². The van der Waals surface area contributed by atoms with Gasteiger partial charge in [0.1, 0.15) is 17.7 Å². The highest BCUT2D eigenvalue weighted by atomic mass is 16.6. The molecule has 6 heteroatoms. The van der Waals surface area contributed by atoms with E-state index in [0.29, 0.717) is 5.56 Å². The van der Waals surface area contributed by atoms with Crippen molar-refractivity contribution in [1.82, 2.24) is 10.2 Å². The van der Waals surface area contributed by atoms with Crippen molar-refractivity contribution in [2.75, 3.05) is 6.54 Å². The number of hydrogen-bond donors (Lipinski definition) is 1. The molecule has 0 aromatic heterocycles. The summed E-state index contributed by atoms with van der Waals surface area (Å²) in [5, 5.41) is 2.70. The van der Waals surface area contributed by atoms with Gasteiger partial charge in [-0.1, -0.05) is 37.6 Å². The lowest BCUT2D eigenvalue weighted by Crippen LogP contribution is -2.42. The fourth-order valence-electron chi connectivity index (χ4n) is 2.83. The van der Waals surface area contributed by atoms with E-state index >= 15 is 0 Å². The van der Waals surface area contributed by atoms with Crippen LogP contribution in [0.15, 0.2) is 24.3 Å². The second kappa shape index (κ2) is 6.86. The number of carbonyl (C=O) groups is 3. The van der Waals surface area contributed by atoms with Gasteiger partial charge in [-0.15, -0.1) is 0 Å². The molecule has 0 aliphatic carbocycles. The van der Waals surface area contributed by atoms with Crippen molar-refractivity contribution in [3.05, 3.63) is 35.4 Å². The largest absolute Gasteiger partial charge is 0.459 e. The van der Waals surface area contributed by atoms with E-state index in [9.17, 15) is 14.4 Å². The van der Waals surface area contributed by atoms with Crippen molar-refractivity contribution in [3.63, 3.8) is 0 Å². The van der Waals surface area contributed by atoms with Gasteiger partial charge >= 0.3 is 12.0 Å². The number of urea groups is 1. The van der Waals surface area contributed by atoms with E-state index in [1.54, 1.807) is 27.7 Å². The molecule has 1 aromatic rings. The third-order valence-corrected chi connectivity index (χ3v) is 4.05. The lowest BCUT2D eigenvalue weighted by atomic mass is 9.91. The zero-order valence-corrected chi connectivity index (χ0v) is 15.5. The fourth-order valence-corrected chi connectivity index (χ4v) is 2.83. The molecule has 136 valence electrons. The first-order chi connectivity index (χ1) is 11.6. The van der Waals surface area contributed by atoms with Crippen molar-refractivity contribution in [1.29, 1.82) is 0 Å². The maximum atomic E-state index is 12.8. The van der Waals surface area contributed by atoms with E-state index in [-0.39, 0.29) is 0 Å². The maximum absolute atomic E-state index is 12.8. The quantitative estimate of drug-likeness (QED) is 0.657. The molecule has 0 spiro atoms. The average Bonchev–Trinajstić information content (AvgIpc) is 2.71. The summed E-state index contributed by atoms with van der Waals surface area (Å²) in [6.45, 7) is 8.56. The highest BCUT2D eigenvalue weighted by Crippen LogP contribution is 2.29. The number of imide groups is 1. The Balaban J connectivity index is 2.17. The Morgan fingerprint density at radius 3 is 2.32 bits per heavy atom. The third-order valence-electron chi connectivity index (χ3n) is 4.05. The van der Waals surface area contributed by atoms with E-state index in [0.717, 1.165) is 17.7 Å². The molecule has 1 N–H and O–H groups in total. The van der Waals surface area contributed by atoms with E-state index in [1.807, 2.05) is 24.3 Å². The summed E-state index contributed by atoms with van der Waals surface area (Å²) in [5.41, 5.74) is 0.0214. The van der Waals surface area contributed by atoms with Crippen LogP contribution < -0.4 is 5.32 Å². The molecule has 1 aliphatic heterocycles. The third kappa shape index (κ3) is 4.18. The summed E-state index contributed by atoms with van der Waals surface area (Å²) in [6.07, 6.45) is 2.00. The number of nitrogens with one attached hydrogen (secondary N) is 1. The van der Waals surface area contributed by atoms with Crippen molar-refractivity contribution < 1.29 is 19.1 Å². The zero-order valence-electron chi connectivity index (χ0n) is 15.5. The van der Waals surface area contributed by atoms with Gasteiger partial charge in [-0.3, -0.25) is 14.5 Å². The van der Waals surface area contributed by atoms with Crippen molar-refractivity contribution in [3.8, 4) is 0 Å². The van der Waals surface area contributed by atoms with Crippen LogP contribution in [0.25, 0.3) is 0 Å². The first kappa shape index (κ1) is 19.0. The molecular formula is C19H26N2O4. The topological polar surface area (TPSA) is 75.7 Å². The monoisotopic (exact) mass is 346 g/mol. The van der Waals surface area contributed by atoms with Gasteiger partial charge in [-0.05, 0) is 45.2 Å². The summed E-state index contributed by atoms with van der Waals surface area (Å²) < 4.78 is 5.20. The maximum Gasteiger partial charge on any atom is 0.326 e. The number of aryl methyl sites for hydroxylation is 1. The molecule has 1 aromatic carbocycles. The van der Waals surface area contributed by atoms with Gasteiger partial charge in [-0.25, -0.2) is 4.79 Å². The second-order valence-electron chi connectivity index (χ2n) is 7.48. The molecule has 1 saturated heterocycles. The van der Waals surface area contributed by atoms with E-state index in [4.69, 9.17) is 4.74 Å². The SMILES string of the molecule is CCCc1ccc(C2(C)NC(=O)N(CC(=O)OC(C)(C)C)C2=O)cc1. The number of ether oxygens (including phenoxy) is 1. The van der Waals surface area contributed by atoms with Crippen LogP contribution in [0, 0.1) is 0 Å². The van der Waals surface area contributed by atoms with E-state index in [2.05, 4.69) is 12.2 Å². The minimum atomic E-state index is -1.18. The van der Waals surface area contributed by atoms with Crippen molar-refractivity contribution >= 4 is 17.9 Å². The van der Waals surface area contributed by atoms with Gasteiger partial charge in [0.15, 0.2) is 0 Å². The number of carbonyl (C=O) groups excluding carboxylic acids is 3. The Morgan fingerprint density at radius 2 is 1.80 bits per heavy atom. The molecule has 2 rings (SSSR count). The molecule has 1 aliphatic rings. The molecule has 3 amide bonds. The molecule has 0 bridgehead atoms. The Bertz CT molecular complexity index is 676. The number of esters is 1. The Morgan fingerprint density at radius 1 is 1.20 bits per heavy atom. The van der Waals surface area contributed by atoms with Gasteiger partial charge in [0.25, 0.3) is 5.91 Å². The number of rotatable bonds is 5. The van der Waals surface area contributed by atoms with Gasteiger partial charge < -0.3 is 10.1 Å². The molecule has 1 unspecified atom stereocenters. The van der Waals surface area contributed by atoms with Crippen LogP contribution in [-0.4, -0.2) is 35.0 Å². The van der Waals surface area contributed by atoms with Crippen molar-refractivity contribution in [2.45, 2.75) is 58.6 Å². The fraction of sp³-hybridized carbons (Fsp3) is 0.526. The highest BCUT2D eigenvalue weighted by Gasteiger charge is 2.49. The van der Waals surface area contributed by atoms with E-state index < -0.39 is 35.6 Å². The molecule has 25 heavy (non-hydrogen) atoms. The van der Waals surface area contributed by atoms with Crippen LogP contribution in [0.2, 0.25) is 0 Å². The van der Waals surface area contributed by atoms with Crippen LogP contribution in [-0.2, 0) is 26.3 Å². The van der Waals surface area contributed by atoms with Crippen molar-refractivity contribution in [2.24, 2.45) is 0 Å². The molecule has 0 radical (unpaired) electrons. The Hall–Kier alpha value is -2.37. The van der Waals surface area contributed by atoms with Gasteiger partial charge in [0.05, 0.1) is 0 Å². The number of benzene rings is 1. The number of amides is 3. The van der Waals surface area contributed by atoms with Gasteiger partial charge in [-0.2, -0.15) is 0 Å². The van der Waals surface area contributed by atoms with Crippen LogP contribution in [0.5, 0.6) is 0 Å². The van der Waals surface area contributed by atoms with Crippen LogP contribution in [0.3, 0.4) is 0 Å². The molecule has 0 saturated carbocycles. The molecule has 1 heterocycles. The number of hydrogen-bond acceptors (Lipinski definition) is 4. The molecule has 1 atom stereocenters. The van der Waals surface area contributed by atoms with Crippen LogP contribution in [0.1, 0.15) is 52.2 Å². The number of nitrogens with zero attached hydrogens (tertiary/aromatic N) is 1. The highest BCUT2D eigenvalue weighted by molar-refractivity contribution is 6.08. The van der Waals surface area contributed by atoms with Gasteiger partial charge in [0.2, 0.25) is 0 Å². The minimum Gasteiger partial charge on any atom is -0.459 e. The Kier molecular flexibility index (Phi) is 5.20. The summed E-state index contributed by atoms with van der Waals surface area (Å²) >= 11 is 0. The lowest BCUT2D eigenvalue weighted by Gasteiger charge is -2.23. The standard InChI is InChI=1S/C19H26N2O4/c1-6-7-13-8-10-14(11-9-13)19(5)16(23)21(17(24)20-19)12-15(22)25-18(2,3)4/h8-11H,6-7,12H2,1-5H3,(H,20,24). The molecular weight excluding hydrogens is 320 g/mol. The first-order valence-corrected chi connectivity index (χ1v) is 8.52. The normalized spacial score (nSPS) is 20.6. The first-order valence-electron chi connectivity index (χ1n) is 8.52. The van der Waals surface area contributed by atoms with Crippen LogP contribution >= 0.6 is 0 Å². The predicted octanol–water partition coefficient (Wildman–Crippen LogP) is 2.75. The molecule has 1 fully saturated rings. The predicted molar refractivity (Wildman–Crippen MR) is 93.9 cm³/mol. The van der Waals surface area contributed by atoms with E-state index in [1.165, 1.54) is 5.56 Å². The smallest absolute Gasteiger partial charge is 0.326 e. The summed E-state index contributed by atoms with van der Waals surface area (Å²) in [4.78, 5) is 37.9. The summed E-state index contributed by atoms with van der Waals surface area (Å²) in [6, 6.07) is 7.02. The summed E-state index contributed by atoms with van der Waals surface area (Å²) in [5.74, 6) is -1.06. The zero-order chi connectivity index (χ0) is 18.8. The molecule has 6 nitrogen and oxygen atoms in total. The van der Waals surface area contributed by atoms with Gasteiger partial charge in [0, 0.05) is 0 Å². The average molecular weight is 346 g/mol. The minimum absolute atomic E-state index is 0.397. The summed E-state index contributed by atoms with van der Waals surface area (Å²) in [7, 11) is 0. The van der Waals surface area contributed by atoms with Crippen LogP contribution in [0.4, 0.5) is 4.79 Å². The lowest BCUT2D eigenvalue weighted by molar-refractivity contribution is -0.157.